The standard InChI is InChI=1S/C12H17N.C2H6/c1-5-10-11(9(2)3)7-6-8-12(10)13-4;1-2/h5-9H,1-4H3;1-2H3/b10-5-,13-12?;. The molecule has 0 aromatic rings. The van der Waals surface area contributed by atoms with Crippen LogP contribution in [0.5, 0.6) is 0 Å². The monoisotopic (exact) mass is 205 g/mol. The van der Waals surface area contributed by atoms with Crippen LogP contribution in [0.25, 0.3) is 0 Å². The smallest absolute Gasteiger partial charge is 0.0642 e. The lowest BCUT2D eigenvalue weighted by atomic mass is 9.88. The van der Waals surface area contributed by atoms with E-state index in [0.29, 0.717) is 5.92 Å². The van der Waals surface area contributed by atoms with Crippen molar-refractivity contribution >= 4 is 5.71 Å². The SMILES string of the molecule is C/C=C1/C(C(C)C)=CC=CC1=NC.CC. The quantitative estimate of drug-likeness (QED) is 0.609. The molecule has 0 N–H and O–H groups in total. The van der Waals surface area contributed by atoms with Gasteiger partial charge >= 0.3 is 0 Å². The number of hydrogen-bond acceptors (Lipinski definition) is 1. The molecule has 0 amide bonds. The number of nitrogens with zero attached hydrogens (tertiary/aromatic N) is 1. The second-order valence-corrected chi connectivity index (χ2v) is 3.45. The fraction of sp³-hybridized carbons (Fsp3) is 0.500. The van der Waals surface area contributed by atoms with E-state index < -0.39 is 0 Å². The van der Waals surface area contributed by atoms with Crippen molar-refractivity contribution in [3.8, 4) is 0 Å². The largest absolute Gasteiger partial charge is 0.288 e. The summed E-state index contributed by atoms with van der Waals surface area (Å²) < 4.78 is 0. The van der Waals surface area contributed by atoms with Crippen LogP contribution in [0.1, 0.15) is 34.6 Å². The highest BCUT2D eigenvalue weighted by Crippen LogP contribution is 2.24. The zero-order chi connectivity index (χ0) is 11.8. The third-order valence-corrected chi connectivity index (χ3v) is 2.27. The Morgan fingerprint density at radius 3 is 2.27 bits per heavy atom. The molecule has 1 aliphatic carbocycles. The lowest BCUT2D eigenvalue weighted by Crippen LogP contribution is -2.09. The van der Waals surface area contributed by atoms with Gasteiger partial charge in [-0.15, -0.1) is 0 Å². The topological polar surface area (TPSA) is 12.4 Å². The normalized spacial score (nSPS) is 20.3. The Labute approximate surface area is 94.3 Å². The van der Waals surface area contributed by atoms with E-state index in [9.17, 15) is 0 Å². The molecule has 1 nitrogen and oxygen atoms in total. The highest BCUT2D eigenvalue weighted by Gasteiger charge is 2.14. The molecule has 1 rings (SSSR count). The van der Waals surface area contributed by atoms with Crippen molar-refractivity contribution in [1.29, 1.82) is 0 Å². The number of rotatable bonds is 1. The first-order valence-electron chi connectivity index (χ1n) is 5.72. The van der Waals surface area contributed by atoms with Crippen LogP contribution in [0.4, 0.5) is 0 Å². The molecule has 0 bridgehead atoms. The maximum absolute atomic E-state index is 4.25. The average Bonchev–Trinajstić information content (AvgIpc) is 2.30. The number of aliphatic imine (C=N–C) groups is 1. The van der Waals surface area contributed by atoms with Gasteiger partial charge in [-0.3, -0.25) is 4.99 Å². The molecule has 1 heteroatoms. The Kier molecular flexibility index (Phi) is 6.68. The lowest BCUT2D eigenvalue weighted by molar-refractivity contribution is 0.784. The van der Waals surface area contributed by atoms with Crippen LogP contribution in [0, 0.1) is 5.92 Å². The number of allylic oxidation sites excluding steroid dienone is 6. The molecule has 0 saturated carbocycles. The van der Waals surface area contributed by atoms with Gasteiger partial charge in [0.05, 0.1) is 5.71 Å². The Balaban J connectivity index is 0.000000921. The van der Waals surface area contributed by atoms with Crippen molar-refractivity contribution < 1.29 is 0 Å². The van der Waals surface area contributed by atoms with Gasteiger partial charge in [-0.05, 0) is 30.1 Å². The summed E-state index contributed by atoms with van der Waals surface area (Å²) in [4.78, 5) is 4.25. The molecular formula is C14H23N. The summed E-state index contributed by atoms with van der Waals surface area (Å²) in [5.74, 6) is 0.563. The molecule has 0 saturated heterocycles. The molecule has 0 fully saturated rings. The Bertz CT molecular complexity index is 301. The lowest BCUT2D eigenvalue weighted by Gasteiger charge is -2.17. The minimum absolute atomic E-state index is 0.563. The van der Waals surface area contributed by atoms with Crippen molar-refractivity contribution in [3.05, 3.63) is 35.5 Å². The molecule has 15 heavy (non-hydrogen) atoms. The van der Waals surface area contributed by atoms with E-state index in [1.165, 1.54) is 11.1 Å². The van der Waals surface area contributed by atoms with Gasteiger partial charge in [0.15, 0.2) is 0 Å². The van der Waals surface area contributed by atoms with Crippen LogP contribution in [-0.2, 0) is 0 Å². The highest BCUT2D eigenvalue weighted by atomic mass is 14.7. The van der Waals surface area contributed by atoms with E-state index >= 15 is 0 Å². The predicted molar refractivity (Wildman–Crippen MR) is 70.5 cm³/mol. The van der Waals surface area contributed by atoms with E-state index in [4.69, 9.17) is 0 Å². The summed E-state index contributed by atoms with van der Waals surface area (Å²) >= 11 is 0. The molecule has 0 unspecified atom stereocenters. The Hall–Kier alpha value is -1.11. The van der Waals surface area contributed by atoms with Gasteiger partial charge in [0.2, 0.25) is 0 Å². The summed E-state index contributed by atoms with van der Waals surface area (Å²) in [5.41, 5.74) is 3.75. The maximum Gasteiger partial charge on any atom is 0.0642 e. The van der Waals surface area contributed by atoms with Crippen LogP contribution in [-0.4, -0.2) is 12.8 Å². The molecule has 0 aromatic heterocycles. The molecule has 0 heterocycles. The third kappa shape index (κ3) is 3.50. The molecule has 0 radical (unpaired) electrons. The maximum atomic E-state index is 4.25. The summed E-state index contributed by atoms with van der Waals surface area (Å²) in [7, 11) is 1.84. The van der Waals surface area contributed by atoms with Gasteiger partial charge in [-0.25, -0.2) is 0 Å². The number of hydrogen-bond donors (Lipinski definition) is 0. The summed E-state index contributed by atoms with van der Waals surface area (Å²) in [6, 6.07) is 0. The van der Waals surface area contributed by atoms with Gasteiger partial charge in [0.25, 0.3) is 0 Å². The highest BCUT2D eigenvalue weighted by molar-refractivity contribution is 6.12. The minimum atomic E-state index is 0.563. The van der Waals surface area contributed by atoms with E-state index in [2.05, 4.69) is 50.1 Å². The fourth-order valence-electron chi connectivity index (χ4n) is 1.58. The molecule has 0 aliphatic heterocycles. The van der Waals surface area contributed by atoms with Gasteiger partial charge < -0.3 is 0 Å². The molecule has 0 aromatic carbocycles. The van der Waals surface area contributed by atoms with Gasteiger partial charge in [0, 0.05) is 7.05 Å². The van der Waals surface area contributed by atoms with E-state index in [1.807, 2.05) is 20.9 Å². The summed E-state index contributed by atoms with van der Waals surface area (Å²) in [6.45, 7) is 10.5. The average molecular weight is 205 g/mol. The van der Waals surface area contributed by atoms with Gasteiger partial charge in [-0.2, -0.15) is 0 Å². The predicted octanol–water partition coefficient (Wildman–Crippen LogP) is 4.18. The van der Waals surface area contributed by atoms with Crippen molar-refractivity contribution in [2.45, 2.75) is 34.6 Å². The van der Waals surface area contributed by atoms with Crippen LogP contribution < -0.4 is 0 Å². The molecule has 0 atom stereocenters. The van der Waals surface area contributed by atoms with E-state index in [-0.39, 0.29) is 0 Å². The second-order valence-electron chi connectivity index (χ2n) is 3.45. The van der Waals surface area contributed by atoms with Crippen LogP contribution in [0.3, 0.4) is 0 Å². The summed E-state index contributed by atoms with van der Waals surface area (Å²) in [6.07, 6.45) is 8.44. The van der Waals surface area contributed by atoms with Crippen LogP contribution in [0.2, 0.25) is 0 Å². The Morgan fingerprint density at radius 2 is 1.87 bits per heavy atom. The summed E-state index contributed by atoms with van der Waals surface area (Å²) in [5, 5.41) is 0. The first kappa shape index (κ1) is 13.9. The molecule has 0 spiro atoms. The second kappa shape index (κ2) is 7.22. The van der Waals surface area contributed by atoms with Crippen molar-refractivity contribution in [3.63, 3.8) is 0 Å². The third-order valence-electron chi connectivity index (χ3n) is 2.27. The molecule has 84 valence electrons. The first-order valence-corrected chi connectivity index (χ1v) is 5.72. The van der Waals surface area contributed by atoms with Crippen molar-refractivity contribution in [2.24, 2.45) is 10.9 Å². The zero-order valence-corrected chi connectivity index (χ0v) is 10.8. The van der Waals surface area contributed by atoms with Gasteiger partial charge in [0.1, 0.15) is 0 Å². The van der Waals surface area contributed by atoms with Gasteiger partial charge in [-0.1, -0.05) is 45.9 Å². The van der Waals surface area contributed by atoms with Crippen molar-refractivity contribution in [1.82, 2.24) is 0 Å². The minimum Gasteiger partial charge on any atom is -0.288 e. The Morgan fingerprint density at radius 1 is 1.27 bits per heavy atom. The molecule has 1 aliphatic rings. The fourth-order valence-corrected chi connectivity index (χ4v) is 1.58. The first-order chi connectivity index (χ1) is 7.20. The molecular weight excluding hydrogens is 182 g/mol. The van der Waals surface area contributed by atoms with Crippen LogP contribution in [0.15, 0.2) is 40.4 Å². The zero-order valence-electron chi connectivity index (χ0n) is 10.8. The van der Waals surface area contributed by atoms with E-state index in [1.54, 1.807) is 0 Å². The van der Waals surface area contributed by atoms with E-state index in [0.717, 1.165) is 5.71 Å². The van der Waals surface area contributed by atoms with Crippen LogP contribution >= 0.6 is 0 Å². The van der Waals surface area contributed by atoms with Crippen molar-refractivity contribution in [2.75, 3.05) is 7.05 Å².